The van der Waals surface area contributed by atoms with Crippen molar-refractivity contribution in [3.05, 3.63) is 0 Å². The maximum absolute atomic E-state index is 2.46. The van der Waals surface area contributed by atoms with Crippen LogP contribution in [0.3, 0.4) is 0 Å². The molecule has 0 aromatic heterocycles. The van der Waals surface area contributed by atoms with Crippen LogP contribution in [-0.2, 0) is 0 Å². The van der Waals surface area contributed by atoms with Crippen molar-refractivity contribution in [2.24, 2.45) is 5.92 Å². The number of hydrogen-bond acceptors (Lipinski definition) is 1. The van der Waals surface area contributed by atoms with Crippen molar-refractivity contribution in [3.63, 3.8) is 0 Å². The molecule has 0 atom stereocenters. The second-order valence-electron chi connectivity index (χ2n) is 8.00. The third-order valence-corrected chi connectivity index (χ3v) is 4.92. The largest absolute Gasteiger partial charge is 0.304 e. The highest BCUT2D eigenvalue weighted by Gasteiger charge is 2.01. The molecule has 0 heterocycles. The third kappa shape index (κ3) is 16.3. The maximum Gasteiger partial charge on any atom is 0.00355 e. The Hall–Kier alpha value is -0.0400. The molecule has 22 heavy (non-hydrogen) atoms. The highest BCUT2D eigenvalue weighted by atomic mass is 15.1. The summed E-state index contributed by atoms with van der Waals surface area (Å²) in [7, 11) is 2.24. The van der Waals surface area contributed by atoms with Gasteiger partial charge in [-0.05, 0) is 39.8 Å². The van der Waals surface area contributed by atoms with Crippen molar-refractivity contribution in [3.8, 4) is 0 Å². The van der Waals surface area contributed by atoms with Gasteiger partial charge < -0.3 is 4.90 Å². The van der Waals surface area contributed by atoms with E-state index in [0.29, 0.717) is 6.04 Å². The number of nitrogens with zero attached hydrogens (tertiary/aromatic N) is 1. The predicted octanol–water partition coefficient (Wildman–Crippen LogP) is 7.05. The van der Waals surface area contributed by atoms with Gasteiger partial charge in [0.15, 0.2) is 0 Å². The van der Waals surface area contributed by atoms with Crippen LogP contribution in [0.2, 0.25) is 0 Å². The van der Waals surface area contributed by atoms with Gasteiger partial charge in [0.1, 0.15) is 0 Å². The molecule has 0 aliphatic carbocycles. The Bertz CT molecular complexity index is 210. The van der Waals surface area contributed by atoms with Crippen molar-refractivity contribution in [2.45, 2.75) is 117 Å². The first-order chi connectivity index (χ1) is 10.5. The maximum atomic E-state index is 2.46. The Labute approximate surface area is 142 Å². The summed E-state index contributed by atoms with van der Waals surface area (Å²) in [5.74, 6) is 0.894. The van der Waals surface area contributed by atoms with Crippen molar-refractivity contribution < 1.29 is 0 Å². The summed E-state index contributed by atoms with van der Waals surface area (Å²) in [5, 5.41) is 0. The molecule has 0 saturated heterocycles. The van der Waals surface area contributed by atoms with E-state index >= 15 is 0 Å². The van der Waals surface area contributed by atoms with Crippen LogP contribution >= 0.6 is 0 Å². The van der Waals surface area contributed by atoms with E-state index in [1.807, 2.05) is 0 Å². The van der Waals surface area contributed by atoms with Crippen molar-refractivity contribution >= 4 is 0 Å². The fourth-order valence-electron chi connectivity index (χ4n) is 2.94. The van der Waals surface area contributed by atoms with Crippen molar-refractivity contribution in [1.82, 2.24) is 4.90 Å². The van der Waals surface area contributed by atoms with Gasteiger partial charge in [0.25, 0.3) is 0 Å². The molecule has 0 spiro atoms. The second kappa shape index (κ2) is 15.8. The summed E-state index contributed by atoms with van der Waals surface area (Å²) < 4.78 is 0. The fourth-order valence-corrected chi connectivity index (χ4v) is 2.94. The number of hydrogen-bond donors (Lipinski definition) is 0. The van der Waals surface area contributed by atoms with Crippen LogP contribution in [-0.4, -0.2) is 24.5 Å². The molecule has 0 aliphatic rings. The SMILES string of the molecule is CC(C)CCCCCCCCCCCCCCN(C)C(C)C. The third-order valence-electron chi connectivity index (χ3n) is 4.92. The van der Waals surface area contributed by atoms with Crippen LogP contribution in [0.4, 0.5) is 0 Å². The summed E-state index contributed by atoms with van der Waals surface area (Å²) in [6, 6.07) is 0.699. The standard InChI is InChI=1S/C21H45N/c1-20(2)18-16-14-12-10-8-6-7-9-11-13-15-17-19-22(5)21(3)4/h20-21H,6-19H2,1-5H3. The molecule has 0 radical (unpaired) electrons. The molecular formula is C21H45N. The smallest absolute Gasteiger partial charge is 0.00355 e. The van der Waals surface area contributed by atoms with Gasteiger partial charge in [0, 0.05) is 6.04 Å². The molecule has 0 fully saturated rings. The minimum atomic E-state index is 0.699. The number of unbranched alkanes of at least 4 members (excludes halogenated alkanes) is 11. The van der Waals surface area contributed by atoms with E-state index < -0.39 is 0 Å². The summed E-state index contributed by atoms with van der Waals surface area (Å²) in [4.78, 5) is 2.46. The van der Waals surface area contributed by atoms with Crippen LogP contribution in [0.1, 0.15) is 111 Å². The lowest BCUT2D eigenvalue weighted by Crippen LogP contribution is -2.27. The Morgan fingerprint density at radius 3 is 1.27 bits per heavy atom. The second-order valence-corrected chi connectivity index (χ2v) is 8.00. The molecule has 0 bridgehead atoms. The van der Waals surface area contributed by atoms with Gasteiger partial charge >= 0.3 is 0 Å². The van der Waals surface area contributed by atoms with Crippen LogP contribution in [0.25, 0.3) is 0 Å². The molecule has 0 unspecified atom stereocenters. The molecule has 134 valence electrons. The van der Waals surface area contributed by atoms with E-state index in [1.165, 1.54) is 90.0 Å². The summed E-state index contributed by atoms with van der Waals surface area (Å²) in [5.41, 5.74) is 0. The van der Waals surface area contributed by atoms with Gasteiger partial charge in [0.05, 0.1) is 0 Å². The average Bonchev–Trinajstić information content (AvgIpc) is 2.46. The molecule has 0 aliphatic heterocycles. The Balaban J connectivity index is 3.06. The van der Waals surface area contributed by atoms with E-state index in [1.54, 1.807) is 0 Å². The van der Waals surface area contributed by atoms with Crippen LogP contribution in [0, 0.1) is 5.92 Å². The van der Waals surface area contributed by atoms with Gasteiger partial charge in [-0.15, -0.1) is 0 Å². The van der Waals surface area contributed by atoms with E-state index in [9.17, 15) is 0 Å². The van der Waals surface area contributed by atoms with Gasteiger partial charge in [-0.2, -0.15) is 0 Å². The molecule has 1 nitrogen and oxygen atoms in total. The molecule has 0 N–H and O–H groups in total. The zero-order valence-electron chi connectivity index (χ0n) is 16.5. The molecule has 1 heteroatoms. The Morgan fingerprint density at radius 1 is 0.545 bits per heavy atom. The van der Waals surface area contributed by atoms with Gasteiger partial charge in [-0.3, -0.25) is 0 Å². The van der Waals surface area contributed by atoms with E-state index in [4.69, 9.17) is 0 Å². The zero-order chi connectivity index (χ0) is 16.6. The summed E-state index contributed by atoms with van der Waals surface area (Å²) >= 11 is 0. The van der Waals surface area contributed by atoms with Crippen molar-refractivity contribution in [1.29, 1.82) is 0 Å². The first-order valence-corrected chi connectivity index (χ1v) is 10.2. The van der Waals surface area contributed by atoms with Crippen molar-refractivity contribution in [2.75, 3.05) is 13.6 Å². The van der Waals surface area contributed by atoms with E-state index in [0.717, 1.165) is 5.92 Å². The van der Waals surface area contributed by atoms with Crippen LogP contribution in [0.15, 0.2) is 0 Å². The highest BCUT2D eigenvalue weighted by molar-refractivity contribution is 4.57. The quantitative estimate of drug-likeness (QED) is 0.276. The van der Waals surface area contributed by atoms with Gasteiger partial charge in [0.2, 0.25) is 0 Å². The first-order valence-electron chi connectivity index (χ1n) is 10.2. The lowest BCUT2D eigenvalue weighted by molar-refractivity contribution is 0.267. The average molecular weight is 312 g/mol. The summed E-state index contributed by atoms with van der Waals surface area (Å²) in [6.07, 6.45) is 18.9. The minimum Gasteiger partial charge on any atom is -0.304 e. The Kier molecular flexibility index (Phi) is 15.8. The normalized spacial score (nSPS) is 12.0. The zero-order valence-corrected chi connectivity index (χ0v) is 16.5. The molecule has 0 rings (SSSR count). The number of rotatable bonds is 16. The predicted molar refractivity (Wildman–Crippen MR) is 103 cm³/mol. The van der Waals surface area contributed by atoms with E-state index in [-0.39, 0.29) is 0 Å². The Morgan fingerprint density at radius 2 is 0.909 bits per heavy atom. The van der Waals surface area contributed by atoms with E-state index in [2.05, 4.69) is 39.6 Å². The monoisotopic (exact) mass is 311 g/mol. The lowest BCUT2D eigenvalue weighted by atomic mass is 10.0. The van der Waals surface area contributed by atoms with Gasteiger partial charge in [-0.25, -0.2) is 0 Å². The molecule has 0 saturated carbocycles. The van der Waals surface area contributed by atoms with Gasteiger partial charge in [-0.1, -0.05) is 90.9 Å². The molecule has 0 aromatic rings. The van der Waals surface area contributed by atoms with Crippen LogP contribution in [0.5, 0.6) is 0 Å². The molecular weight excluding hydrogens is 266 g/mol. The first kappa shape index (κ1) is 22.0. The topological polar surface area (TPSA) is 3.24 Å². The highest BCUT2D eigenvalue weighted by Crippen LogP contribution is 2.14. The molecule has 0 aromatic carbocycles. The van der Waals surface area contributed by atoms with Crippen LogP contribution < -0.4 is 0 Å². The molecule has 0 amide bonds. The lowest BCUT2D eigenvalue weighted by Gasteiger charge is -2.20. The fraction of sp³-hybridized carbons (Fsp3) is 1.00. The summed E-state index contributed by atoms with van der Waals surface area (Å²) in [6.45, 7) is 10.5. The minimum absolute atomic E-state index is 0.699.